The van der Waals surface area contributed by atoms with Crippen LogP contribution in [-0.2, 0) is 4.79 Å². The van der Waals surface area contributed by atoms with Crippen molar-refractivity contribution in [2.45, 2.75) is 39.3 Å². The molecule has 7 nitrogen and oxygen atoms in total. The summed E-state index contributed by atoms with van der Waals surface area (Å²) in [4.78, 5) is 16.6. The van der Waals surface area contributed by atoms with E-state index >= 15 is 0 Å². The van der Waals surface area contributed by atoms with Gasteiger partial charge in [-0.25, -0.2) is 0 Å². The summed E-state index contributed by atoms with van der Waals surface area (Å²) >= 11 is 0. The second-order valence-electron chi connectivity index (χ2n) is 7.18. The first-order chi connectivity index (χ1) is 13.1. The van der Waals surface area contributed by atoms with Crippen molar-refractivity contribution >= 4 is 5.91 Å². The number of carbonyl (C=O) groups excluding carboxylic acids is 1. The SMILES string of the molecule is CCC(C)NC(=O)CN1CCN(C(C)c2nnc(-c3ccccc3)o2)CC1. The molecule has 2 heterocycles. The molecule has 2 atom stereocenters. The van der Waals surface area contributed by atoms with E-state index < -0.39 is 0 Å². The van der Waals surface area contributed by atoms with Gasteiger partial charge >= 0.3 is 0 Å². The Morgan fingerprint density at radius 1 is 1.15 bits per heavy atom. The Kier molecular flexibility index (Phi) is 6.58. The Morgan fingerprint density at radius 3 is 2.52 bits per heavy atom. The Bertz CT molecular complexity index is 725. The highest BCUT2D eigenvalue weighted by molar-refractivity contribution is 5.78. The largest absolute Gasteiger partial charge is 0.419 e. The molecule has 2 aromatic rings. The van der Waals surface area contributed by atoms with Gasteiger partial charge in [0.15, 0.2) is 0 Å². The summed E-state index contributed by atoms with van der Waals surface area (Å²) < 4.78 is 5.89. The maximum absolute atomic E-state index is 12.1. The number of benzene rings is 1. The molecule has 3 rings (SSSR count). The van der Waals surface area contributed by atoms with E-state index in [2.05, 4.69) is 39.2 Å². The van der Waals surface area contributed by atoms with Crippen LogP contribution in [-0.4, -0.2) is 64.7 Å². The monoisotopic (exact) mass is 371 g/mol. The Labute approximate surface area is 160 Å². The number of nitrogens with zero attached hydrogens (tertiary/aromatic N) is 4. The average Bonchev–Trinajstić information content (AvgIpc) is 3.18. The van der Waals surface area contributed by atoms with Gasteiger partial charge in [0.25, 0.3) is 0 Å². The maximum Gasteiger partial charge on any atom is 0.247 e. The lowest BCUT2D eigenvalue weighted by Crippen LogP contribution is -2.50. The number of hydrogen-bond acceptors (Lipinski definition) is 6. The summed E-state index contributed by atoms with van der Waals surface area (Å²) in [7, 11) is 0. The summed E-state index contributed by atoms with van der Waals surface area (Å²) in [5.74, 6) is 1.30. The van der Waals surface area contributed by atoms with Crippen molar-refractivity contribution in [2.75, 3.05) is 32.7 Å². The quantitative estimate of drug-likeness (QED) is 0.805. The van der Waals surface area contributed by atoms with E-state index in [0.29, 0.717) is 18.3 Å². The Hall–Kier alpha value is -2.25. The molecule has 7 heteroatoms. The molecule has 1 saturated heterocycles. The van der Waals surface area contributed by atoms with Crippen molar-refractivity contribution in [3.63, 3.8) is 0 Å². The molecule has 1 aromatic heterocycles. The molecule has 1 amide bonds. The molecular formula is C20H29N5O2. The molecule has 0 radical (unpaired) electrons. The third-order valence-corrected chi connectivity index (χ3v) is 5.16. The molecule has 1 aliphatic heterocycles. The molecule has 146 valence electrons. The molecular weight excluding hydrogens is 342 g/mol. The molecule has 1 aliphatic rings. The van der Waals surface area contributed by atoms with Crippen molar-refractivity contribution < 1.29 is 9.21 Å². The second-order valence-corrected chi connectivity index (χ2v) is 7.18. The second kappa shape index (κ2) is 9.10. The van der Waals surface area contributed by atoms with Gasteiger partial charge in [-0.15, -0.1) is 10.2 Å². The first-order valence-electron chi connectivity index (χ1n) is 9.71. The van der Waals surface area contributed by atoms with Crippen LogP contribution in [0.3, 0.4) is 0 Å². The van der Waals surface area contributed by atoms with Gasteiger partial charge in [0.2, 0.25) is 17.7 Å². The van der Waals surface area contributed by atoms with Gasteiger partial charge in [-0.2, -0.15) is 0 Å². The third-order valence-electron chi connectivity index (χ3n) is 5.16. The van der Waals surface area contributed by atoms with Crippen LogP contribution in [0.2, 0.25) is 0 Å². The highest BCUT2D eigenvalue weighted by Crippen LogP contribution is 2.24. The fourth-order valence-corrected chi connectivity index (χ4v) is 3.19. The predicted octanol–water partition coefficient (Wildman–Crippen LogP) is 2.33. The van der Waals surface area contributed by atoms with E-state index in [1.165, 1.54) is 0 Å². The zero-order chi connectivity index (χ0) is 19.2. The number of amides is 1. The summed E-state index contributed by atoms with van der Waals surface area (Å²) in [6.07, 6.45) is 0.951. The highest BCUT2D eigenvalue weighted by Gasteiger charge is 2.26. The minimum Gasteiger partial charge on any atom is -0.419 e. The van der Waals surface area contributed by atoms with Gasteiger partial charge in [-0.3, -0.25) is 14.6 Å². The number of rotatable bonds is 7. The van der Waals surface area contributed by atoms with Crippen LogP contribution in [0.25, 0.3) is 11.5 Å². The van der Waals surface area contributed by atoms with E-state index in [-0.39, 0.29) is 18.0 Å². The van der Waals surface area contributed by atoms with Crippen LogP contribution in [0.1, 0.15) is 39.1 Å². The first kappa shape index (κ1) is 19.5. The van der Waals surface area contributed by atoms with Crippen molar-refractivity contribution in [2.24, 2.45) is 0 Å². The van der Waals surface area contributed by atoms with Crippen molar-refractivity contribution in [3.8, 4) is 11.5 Å². The molecule has 1 aromatic carbocycles. The fraction of sp³-hybridized carbons (Fsp3) is 0.550. The van der Waals surface area contributed by atoms with Crippen molar-refractivity contribution in [3.05, 3.63) is 36.2 Å². The number of carbonyl (C=O) groups is 1. The van der Waals surface area contributed by atoms with Gasteiger partial charge < -0.3 is 9.73 Å². The van der Waals surface area contributed by atoms with Crippen LogP contribution in [0.15, 0.2) is 34.7 Å². The van der Waals surface area contributed by atoms with Crippen LogP contribution < -0.4 is 5.32 Å². The summed E-state index contributed by atoms with van der Waals surface area (Å²) in [5, 5.41) is 11.5. The number of hydrogen-bond donors (Lipinski definition) is 1. The fourth-order valence-electron chi connectivity index (χ4n) is 3.19. The minimum absolute atomic E-state index is 0.0612. The smallest absolute Gasteiger partial charge is 0.247 e. The lowest BCUT2D eigenvalue weighted by atomic mass is 10.2. The van der Waals surface area contributed by atoms with Crippen LogP contribution in [0.5, 0.6) is 0 Å². The molecule has 0 aliphatic carbocycles. The lowest BCUT2D eigenvalue weighted by Gasteiger charge is -2.36. The van der Waals surface area contributed by atoms with Crippen molar-refractivity contribution in [1.82, 2.24) is 25.3 Å². The molecule has 2 unspecified atom stereocenters. The van der Waals surface area contributed by atoms with E-state index in [1.807, 2.05) is 37.3 Å². The summed E-state index contributed by atoms with van der Waals surface area (Å²) in [5.41, 5.74) is 0.931. The molecule has 0 spiro atoms. The van der Waals surface area contributed by atoms with Gasteiger partial charge in [0.1, 0.15) is 0 Å². The predicted molar refractivity (Wildman–Crippen MR) is 104 cm³/mol. The van der Waals surface area contributed by atoms with Gasteiger partial charge in [-0.1, -0.05) is 25.1 Å². The normalized spacial score (nSPS) is 18.2. The Balaban J connectivity index is 1.51. The first-order valence-corrected chi connectivity index (χ1v) is 9.71. The zero-order valence-electron chi connectivity index (χ0n) is 16.4. The van der Waals surface area contributed by atoms with Crippen LogP contribution in [0, 0.1) is 0 Å². The molecule has 27 heavy (non-hydrogen) atoms. The molecule has 0 saturated carbocycles. The molecule has 0 bridgehead atoms. The number of nitrogens with one attached hydrogen (secondary N) is 1. The molecule has 1 N–H and O–H groups in total. The summed E-state index contributed by atoms with van der Waals surface area (Å²) in [6.45, 7) is 10.1. The highest BCUT2D eigenvalue weighted by atomic mass is 16.4. The van der Waals surface area contributed by atoms with Gasteiger partial charge in [0.05, 0.1) is 12.6 Å². The number of aromatic nitrogens is 2. The van der Waals surface area contributed by atoms with Gasteiger partial charge in [0, 0.05) is 37.8 Å². The van der Waals surface area contributed by atoms with E-state index in [1.54, 1.807) is 0 Å². The van der Waals surface area contributed by atoms with E-state index in [9.17, 15) is 4.79 Å². The lowest BCUT2D eigenvalue weighted by molar-refractivity contribution is -0.123. The maximum atomic E-state index is 12.1. The van der Waals surface area contributed by atoms with Crippen molar-refractivity contribution in [1.29, 1.82) is 0 Å². The number of piperazine rings is 1. The minimum atomic E-state index is 0.0612. The van der Waals surface area contributed by atoms with Crippen LogP contribution >= 0.6 is 0 Å². The Morgan fingerprint density at radius 2 is 1.85 bits per heavy atom. The van der Waals surface area contributed by atoms with Gasteiger partial charge in [-0.05, 0) is 32.4 Å². The zero-order valence-corrected chi connectivity index (χ0v) is 16.4. The topological polar surface area (TPSA) is 74.5 Å². The van der Waals surface area contributed by atoms with Crippen LogP contribution in [0.4, 0.5) is 0 Å². The standard InChI is InChI=1S/C20H29N5O2/c1-4-15(2)21-18(26)14-24-10-12-25(13-11-24)16(3)19-22-23-20(27-19)17-8-6-5-7-9-17/h5-9,15-16H,4,10-14H2,1-3H3,(H,21,26). The third kappa shape index (κ3) is 5.14. The van der Waals surface area contributed by atoms with E-state index in [0.717, 1.165) is 38.2 Å². The van der Waals surface area contributed by atoms with E-state index in [4.69, 9.17) is 4.42 Å². The molecule has 1 fully saturated rings. The average molecular weight is 371 g/mol. The summed E-state index contributed by atoms with van der Waals surface area (Å²) in [6, 6.07) is 10.1.